The summed E-state index contributed by atoms with van der Waals surface area (Å²) < 4.78 is 29.2. The first-order valence-electron chi connectivity index (χ1n) is 18.5. The Kier molecular flexibility index (Phi) is 13.4. The van der Waals surface area contributed by atoms with Gasteiger partial charge in [0.15, 0.2) is 0 Å². The Morgan fingerprint density at radius 3 is 2.35 bits per heavy atom. The fourth-order valence-electron chi connectivity index (χ4n) is 7.01. The highest BCUT2D eigenvalue weighted by Gasteiger charge is 2.41. The van der Waals surface area contributed by atoms with E-state index < -0.39 is 34.1 Å². The lowest BCUT2D eigenvalue weighted by Gasteiger charge is -2.35. The maximum atomic E-state index is 14.4. The highest BCUT2D eigenvalue weighted by molar-refractivity contribution is 7.89. The molecule has 0 aliphatic carbocycles. The maximum absolute atomic E-state index is 14.4. The summed E-state index contributed by atoms with van der Waals surface area (Å²) in [6, 6.07) is 23.3. The lowest BCUT2D eigenvalue weighted by molar-refractivity contribution is -0.128. The number of nitrogens with one attached hydrogen (secondary N) is 1. The zero-order valence-electron chi connectivity index (χ0n) is 31.7. The molecule has 3 N–H and O–H groups in total. The van der Waals surface area contributed by atoms with Crippen LogP contribution in [0.15, 0.2) is 95.0 Å². The van der Waals surface area contributed by atoms with Crippen molar-refractivity contribution in [1.82, 2.24) is 24.4 Å². The molecule has 3 aromatic carbocycles. The van der Waals surface area contributed by atoms with Gasteiger partial charge in [-0.1, -0.05) is 99.9 Å². The summed E-state index contributed by atoms with van der Waals surface area (Å²) >= 11 is 0. The topological polar surface area (TPSA) is 156 Å². The van der Waals surface area contributed by atoms with Crippen molar-refractivity contribution in [3.05, 3.63) is 107 Å². The molecule has 1 aromatic heterocycles. The molecule has 1 aliphatic rings. The van der Waals surface area contributed by atoms with Gasteiger partial charge >= 0.3 is 6.03 Å². The number of pyridine rings is 1. The molecule has 1 aliphatic heterocycles. The average molecular weight is 757 g/mol. The van der Waals surface area contributed by atoms with Gasteiger partial charge in [-0.3, -0.25) is 9.78 Å². The number of hydrogen-bond donors (Lipinski definition) is 3. The van der Waals surface area contributed by atoms with Crippen LogP contribution in [-0.2, 0) is 27.8 Å². The van der Waals surface area contributed by atoms with Gasteiger partial charge in [-0.05, 0) is 66.1 Å². The maximum Gasteiger partial charge on any atom is 0.321 e. The molecular weight excluding hydrogens is 705 g/mol. The largest absolute Gasteiger partial charge is 0.411 e. The Morgan fingerprint density at radius 1 is 1.00 bits per heavy atom. The van der Waals surface area contributed by atoms with Crippen LogP contribution in [0.1, 0.15) is 56.5 Å². The molecule has 1 fully saturated rings. The number of para-hydroxylation sites is 1. The summed E-state index contributed by atoms with van der Waals surface area (Å²) in [5.74, 6) is -0.678. The van der Waals surface area contributed by atoms with Crippen LogP contribution in [-0.4, -0.2) is 100 Å². The van der Waals surface area contributed by atoms with E-state index in [4.69, 9.17) is 10.2 Å². The summed E-state index contributed by atoms with van der Waals surface area (Å²) in [6.45, 7) is 10.7. The van der Waals surface area contributed by atoms with Crippen molar-refractivity contribution in [1.29, 1.82) is 0 Å². The molecule has 0 spiro atoms. The predicted molar refractivity (Wildman–Crippen MR) is 210 cm³/mol. The van der Waals surface area contributed by atoms with Gasteiger partial charge in [0.1, 0.15) is 6.04 Å². The summed E-state index contributed by atoms with van der Waals surface area (Å²) in [4.78, 5) is 36.5. The van der Waals surface area contributed by atoms with Crippen molar-refractivity contribution < 1.29 is 28.3 Å². The van der Waals surface area contributed by atoms with Gasteiger partial charge in [0.05, 0.1) is 41.0 Å². The van der Waals surface area contributed by atoms with Crippen LogP contribution < -0.4 is 5.32 Å². The number of carbonyl (C=O) groups is 2. The molecule has 12 nitrogen and oxygen atoms in total. The highest BCUT2D eigenvalue weighted by atomic mass is 32.2. The van der Waals surface area contributed by atoms with Crippen LogP contribution in [0.25, 0.3) is 10.9 Å². The molecule has 4 atom stereocenters. The smallest absolute Gasteiger partial charge is 0.321 e. The molecular formula is C41H52N6O6S. The lowest BCUT2D eigenvalue weighted by Crippen LogP contribution is -2.57. The fraction of sp³-hybridized carbons (Fsp3) is 0.415. The monoisotopic (exact) mass is 756 g/mol. The SMILES string of the molecule is CC[C@H](C)[C@@H](C(=O)N[C@@H](Cc1ccccc1)[C@@H](O)CN(CC(C)C)S(=O)(=O)c1ccc(C=NO)cc1)N1CCN(Cc2cc(C)c3ccccc3n2)C1=O. The number of aromatic nitrogens is 1. The van der Waals surface area contributed by atoms with Gasteiger partial charge in [-0.2, -0.15) is 4.31 Å². The van der Waals surface area contributed by atoms with E-state index >= 15 is 0 Å². The number of nitrogens with zero attached hydrogens (tertiary/aromatic N) is 5. The third-order valence-electron chi connectivity index (χ3n) is 10.0. The molecule has 288 valence electrons. The van der Waals surface area contributed by atoms with E-state index in [1.54, 1.807) is 9.80 Å². The number of hydrogen-bond acceptors (Lipinski definition) is 8. The summed E-state index contributed by atoms with van der Waals surface area (Å²) in [5.41, 5.74) is 4.08. The zero-order valence-corrected chi connectivity index (χ0v) is 32.5. The Hall–Kier alpha value is -4.85. The van der Waals surface area contributed by atoms with Crippen molar-refractivity contribution in [2.75, 3.05) is 26.2 Å². The fourth-order valence-corrected chi connectivity index (χ4v) is 8.63. The third-order valence-corrected chi connectivity index (χ3v) is 11.9. The van der Waals surface area contributed by atoms with Crippen LogP contribution >= 0.6 is 0 Å². The number of urea groups is 1. The summed E-state index contributed by atoms with van der Waals surface area (Å²) in [5, 5.41) is 27.9. The number of rotatable bonds is 17. The number of amides is 3. The van der Waals surface area contributed by atoms with Crippen molar-refractivity contribution in [2.24, 2.45) is 17.0 Å². The van der Waals surface area contributed by atoms with Crippen molar-refractivity contribution >= 4 is 39.1 Å². The van der Waals surface area contributed by atoms with Gasteiger partial charge in [0.25, 0.3) is 0 Å². The average Bonchev–Trinajstić information content (AvgIpc) is 3.49. The Labute approximate surface area is 318 Å². The molecule has 54 heavy (non-hydrogen) atoms. The number of carbonyl (C=O) groups excluding carboxylic acids is 2. The molecule has 13 heteroatoms. The minimum absolute atomic E-state index is 0.0251. The Bertz CT molecular complexity index is 2030. The third kappa shape index (κ3) is 9.62. The normalized spacial score (nSPS) is 16.0. The number of aryl methyl sites for hydroxylation is 1. The highest BCUT2D eigenvalue weighted by Crippen LogP contribution is 2.25. The van der Waals surface area contributed by atoms with Gasteiger partial charge in [0.2, 0.25) is 15.9 Å². The first-order chi connectivity index (χ1) is 25.8. The quantitative estimate of drug-likeness (QED) is 0.0737. The number of sulfonamides is 1. The van der Waals surface area contributed by atoms with E-state index in [2.05, 4.69) is 10.5 Å². The number of benzene rings is 3. The van der Waals surface area contributed by atoms with Gasteiger partial charge < -0.3 is 25.4 Å². The van der Waals surface area contributed by atoms with E-state index in [9.17, 15) is 23.1 Å². The molecule has 5 rings (SSSR count). The van der Waals surface area contributed by atoms with E-state index in [-0.39, 0.29) is 42.3 Å². The lowest BCUT2D eigenvalue weighted by atomic mass is 9.95. The minimum atomic E-state index is -4.07. The summed E-state index contributed by atoms with van der Waals surface area (Å²) in [7, 11) is -4.07. The zero-order chi connectivity index (χ0) is 39.0. The molecule has 3 amide bonds. The molecule has 1 saturated heterocycles. The van der Waals surface area contributed by atoms with Gasteiger partial charge in [-0.25, -0.2) is 13.2 Å². The van der Waals surface area contributed by atoms with Crippen LogP contribution in [0.4, 0.5) is 4.79 Å². The second-order valence-electron chi connectivity index (χ2n) is 14.6. The molecule has 0 saturated carbocycles. The number of fused-ring (bicyclic) bond motifs is 1. The molecule has 0 bridgehead atoms. The second kappa shape index (κ2) is 18.0. The van der Waals surface area contributed by atoms with E-state index in [1.807, 2.05) is 95.3 Å². The van der Waals surface area contributed by atoms with Crippen LogP contribution in [0.3, 0.4) is 0 Å². The van der Waals surface area contributed by atoms with E-state index in [1.165, 1.54) is 34.8 Å². The number of aliphatic hydroxyl groups is 1. The predicted octanol–water partition coefficient (Wildman–Crippen LogP) is 5.44. The number of aliphatic hydroxyl groups excluding tert-OH is 1. The van der Waals surface area contributed by atoms with Crippen LogP contribution in [0.5, 0.6) is 0 Å². The molecule has 0 radical (unpaired) electrons. The molecule has 0 unspecified atom stereocenters. The van der Waals surface area contributed by atoms with Crippen molar-refractivity contribution in [2.45, 2.75) is 77.1 Å². The molecule has 2 heterocycles. The minimum Gasteiger partial charge on any atom is -0.411 e. The Morgan fingerprint density at radius 2 is 1.69 bits per heavy atom. The van der Waals surface area contributed by atoms with E-state index in [0.29, 0.717) is 31.6 Å². The van der Waals surface area contributed by atoms with Gasteiger partial charge in [-0.15, -0.1) is 0 Å². The van der Waals surface area contributed by atoms with Crippen LogP contribution in [0, 0.1) is 18.8 Å². The second-order valence-corrected chi connectivity index (χ2v) is 16.5. The van der Waals surface area contributed by atoms with Gasteiger partial charge in [0, 0.05) is 31.6 Å². The van der Waals surface area contributed by atoms with Crippen LogP contribution in [0.2, 0.25) is 0 Å². The number of oxime groups is 1. The van der Waals surface area contributed by atoms with Crippen molar-refractivity contribution in [3.63, 3.8) is 0 Å². The Balaban J connectivity index is 1.38. The standard InChI is InChI=1S/C41H52N6O6S/c1-6-29(4)39(47-21-20-45(41(47)50)26-33-22-30(5)35-14-10-11-15-36(35)43-33)40(49)44-37(23-31-12-8-7-9-13-31)38(48)27-46(25-28(2)3)54(52,53)34-18-16-32(17-19-34)24-42-51/h7-19,22,24,28-29,37-39,48,51H,6,20-21,23,25-27H2,1-5H3,(H,44,49)/t29-,37-,38-,39-/m0/s1. The molecule has 4 aromatic rings. The first kappa shape index (κ1) is 40.3. The summed E-state index contributed by atoms with van der Waals surface area (Å²) in [6.07, 6.45) is 0.765. The van der Waals surface area contributed by atoms with Crippen molar-refractivity contribution in [3.8, 4) is 0 Å². The first-order valence-corrected chi connectivity index (χ1v) is 20.0. The van der Waals surface area contributed by atoms with E-state index in [0.717, 1.165) is 27.7 Å².